The molecule has 3 heterocycles. The van der Waals surface area contributed by atoms with Crippen LogP contribution in [0.4, 0.5) is 11.5 Å². The lowest BCUT2D eigenvalue weighted by atomic mass is 10.3. The van der Waals surface area contributed by atoms with Gasteiger partial charge in [0.05, 0.1) is 25.1 Å². The van der Waals surface area contributed by atoms with Gasteiger partial charge in [-0.05, 0) is 12.1 Å². The maximum absolute atomic E-state index is 11.7. The van der Waals surface area contributed by atoms with E-state index in [0.717, 1.165) is 18.8 Å². The Kier molecular flexibility index (Phi) is 4.04. The largest absolute Gasteiger partial charge is 0.379 e. The number of hydrogen-bond donors (Lipinski definition) is 1. The van der Waals surface area contributed by atoms with E-state index in [1.807, 2.05) is 35.3 Å². The van der Waals surface area contributed by atoms with Gasteiger partial charge in [0, 0.05) is 25.5 Å². The predicted molar refractivity (Wildman–Crippen MR) is 92.5 cm³/mol. The SMILES string of the molecule is NC(=O)c1cnc(N(c2ccccc2)N2CCOCC2)c2nccn12. The lowest BCUT2D eigenvalue weighted by Gasteiger charge is -2.38. The van der Waals surface area contributed by atoms with E-state index in [2.05, 4.69) is 15.0 Å². The molecule has 0 unspecified atom stereocenters. The minimum Gasteiger partial charge on any atom is -0.379 e. The van der Waals surface area contributed by atoms with Gasteiger partial charge in [0.1, 0.15) is 5.69 Å². The number of hydrogen-bond acceptors (Lipinski definition) is 6. The predicted octanol–water partition coefficient (Wildman–Crippen LogP) is 1.21. The van der Waals surface area contributed by atoms with E-state index in [4.69, 9.17) is 10.5 Å². The number of carbonyl (C=O) groups is 1. The van der Waals surface area contributed by atoms with Crippen molar-refractivity contribution >= 4 is 23.1 Å². The second-order valence-corrected chi connectivity index (χ2v) is 5.67. The van der Waals surface area contributed by atoms with Crippen LogP contribution < -0.4 is 10.7 Å². The highest BCUT2D eigenvalue weighted by atomic mass is 16.5. The van der Waals surface area contributed by atoms with Gasteiger partial charge in [-0.3, -0.25) is 14.2 Å². The summed E-state index contributed by atoms with van der Waals surface area (Å²) in [4.78, 5) is 20.6. The molecule has 1 saturated heterocycles. The smallest absolute Gasteiger partial charge is 0.267 e. The molecule has 4 rings (SSSR count). The fourth-order valence-electron chi connectivity index (χ4n) is 2.98. The number of primary amides is 1. The highest BCUT2D eigenvalue weighted by molar-refractivity contribution is 5.92. The molecule has 1 fully saturated rings. The molecule has 1 aliphatic heterocycles. The fraction of sp³-hybridized carbons (Fsp3) is 0.235. The summed E-state index contributed by atoms with van der Waals surface area (Å²) in [6.07, 6.45) is 4.83. The molecule has 8 nitrogen and oxygen atoms in total. The molecule has 25 heavy (non-hydrogen) atoms. The monoisotopic (exact) mass is 338 g/mol. The third-order valence-corrected chi connectivity index (χ3v) is 4.13. The number of fused-ring (bicyclic) bond motifs is 1. The highest BCUT2D eigenvalue weighted by Gasteiger charge is 2.25. The Hall–Kier alpha value is -2.97. The third kappa shape index (κ3) is 2.81. The van der Waals surface area contributed by atoms with Crippen LogP contribution in [0.5, 0.6) is 0 Å². The molecule has 1 aliphatic rings. The maximum atomic E-state index is 11.7. The second kappa shape index (κ2) is 6.50. The van der Waals surface area contributed by atoms with Gasteiger partial charge in [0.25, 0.3) is 5.91 Å². The molecular weight excluding hydrogens is 320 g/mol. The maximum Gasteiger partial charge on any atom is 0.267 e. The summed E-state index contributed by atoms with van der Waals surface area (Å²) in [5.74, 6) is 0.0998. The van der Waals surface area contributed by atoms with Gasteiger partial charge in [-0.2, -0.15) is 0 Å². The molecule has 8 heteroatoms. The molecule has 3 aromatic rings. The molecule has 1 amide bonds. The lowest BCUT2D eigenvalue weighted by molar-refractivity contribution is 0.0376. The van der Waals surface area contributed by atoms with E-state index in [0.29, 0.717) is 30.4 Å². The number of amides is 1. The van der Waals surface area contributed by atoms with E-state index in [1.54, 1.807) is 16.8 Å². The van der Waals surface area contributed by atoms with Crippen molar-refractivity contribution in [2.24, 2.45) is 5.73 Å². The minimum atomic E-state index is -0.542. The molecule has 0 spiro atoms. The highest BCUT2D eigenvalue weighted by Crippen LogP contribution is 2.29. The summed E-state index contributed by atoms with van der Waals surface area (Å²) in [5.41, 5.74) is 7.29. The number of ether oxygens (including phenoxy) is 1. The van der Waals surface area contributed by atoms with Gasteiger partial charge in [-0.15, -0.1) is 0 Å². The number of carbonyl (C=O) groups excluding carboxylic acids is 1. The zero-order valence-electron chi connectivity index (χ0n) is 13.6. The van der Waals surface area contributed by atoms with Crippen LogP contribution in [0.2, 0.25) is 0 Å². The minimum absolute atomic E-state index is 0.297. The first kappa shape index (κ1) is 15.6. The van der Waals surface area contributed by atoms with Crippen molar-refractivity contribution in [2.75, 3.05) is 31.3 Å². The first-order chi connectivity index (χ1) is 12.3. The number of anilines is 2. The molecule has 0 aliphatic carbocycles. The summed E-state index contributed by atoms with van der Waals surface area (Å²) in [6, 6.07) is 9.94. The van der Waals surface area contributed by atoms with Crippen molar-refractivity contribution in [1.82, 2.24) is 19.4 Å². The van der Waals surface area contributed by atoms with Gasteiger partial charge in [-0.1, -0.05) is 18.2 Å². The lowest BCUT2D eigenvalue weighted by Crippen LogP contribution is -2.47. The van der Waals surface area contributed by atoms with Gasteiger partial charge >= 0.3 is 0 Å². The van der Waals surface area contributed by atoms with Crippen molar-refractivity contribution in [2.45, 2.75) is 0 Å². The number of aromatic nitrogens is 3. The number of hydrazine groups is 1. The summed E-state index contributed by atoms with van der Waals surface area (Å²) in [5, 5.41) is 4.19. The van der Waals surface area contributed by atoms with E-state index in [1.165, 1.54) is 6.20 Å². The molecule has 2 N–H and O–H groups in total. The van der Waals surface area contributed by atoms with Gasteiger partial charge in [-0.25, -0.2) is 15.0 Å². The third-order valence-electron chi connectivity index (χ3n) is 4.13. The van der Waals surface area contributed by atoms with Crippen molar-refractivity contribution < 1.29 is 9.53 Å². The number of para-hydroxylation sites is 1. The fourth-order valence-corrected chi connectivity index (χ4v) is 2.98. The van der Waals surface area contributed by atoms with Crippen LogP contribution in [-0.4, -0.2) is 51.6 Å². The number of rotatable bonds is 4. The Labute approximate surface area is 144 Å². The van der Waals surface area contributed by atoms with Gasteiger partial charge in [0.2, 0.25) is 0 Å². The Balaban J connectivity index is 1.88. The Bertz CT molecular complexity index is 889. The molecule has 0 bridgehead atoms. The quantitative estimate of drug-likeness (QED) is 0.769. The summed E-state index contributed by atoms with van der Waals surface area (Å²) >= 11 is 0. The van der Waals surface area contributed by atoms with Crippen LogP contribution in [0, 0.1) is 0 Å². The number of benzene rings is 1. The Morgan fingerprint density at radius 2 is 1.92 bits per heavy atom. The molecule has 0 saturated carbocycles. The van der Waals surface area contributed by atoms with Crippen LogP contribution in [0.1, 0.15) is 10.5 Å². The average molecular weight is 338 g/mol. The van der Waals surface area contributed by atoms with Crippen LogP contribution >= 0.6 is 0 Å². The van der Waals surface area contributed by atoms with E-state index < -0.39 is 5.91 Å². The second-order valence-electron chi connectivity index (χ2n) is 5.67. The van der Waals surface area contributed by atoms with E-state index in [9.17, 15) is 4.79 Å². The first-order valence-corrected chi connectivity index (χ1v) is 8.05. The molecule has 1 aromatic carbocycles. The van der Waals surface area contributed by atoms with Crippen LogP contribution in [0.3, 0.4) is 0 Å². The van der Waals surface area contributed by atoms with Crippen molar-refractivity contribution in [3.05, 3.63) is 54.6 Å². The van der Waals surface area contributed by atoms with Crippen LogP contribution in [0.15, 0.2) is 48.9 Å². The van der Waals surface area contributed by atoms with Gasteiger partial charge < -0.3 is 10.5 Å². The Morgan fingerprint density at radius 3 is 2.64 bits per heavy atom. The molecular formula is C17H18N6O2. The molecule has 128 valence electrons. The van der Waals surface area contributed by atoms with Crippen molar-refractivity contribution in [3.63, 3.8) is 0 Å². The van der Waals surface area contributed by atoms with Gasteiger partial charge in [0.15, 0.2) is 11.5 Å². The summed E-state index contributed by atoms with van der Waals surface area (Å²) in [7, 11) is 0. The van der Waals surface area contributed by atoms with Crippen LogP contribution in [-0.2, 0) is 4.74 Å². The number of imidazole rings is 1. The first-order valence-electron chi connectivity index (χ1n) is 8.05. The van der Waals surface area contributed by atoms with Crippen molar-refractivity contribution in [1.29, 1.82) is 0 Å². The standard InChI is InChI=1S/C17H18N6O2/c18-15(24)14-12-20-17(16-19-6-7-22(14)16)23(13-4-2-1-3-5-13)21-8-10-25-11-9-21/h1-7,12H,8-11H2,(H2,18,24). The molecule has 0 atom stereocenters. The summed E-state index contributed by atoms with van der Waals surface area (Å²) in [6.45, 7) is 2.77. The topological polar surface area (TPSA) is 89.0 Å². The number of morpholine rings is 1. The number of nitrogens with two attached hydrogens (primary N) is 1. The molecule has 2 aromatic heterocycles. The van der Waals surface area contributed by atoms with Crippen LogP contribution in [0.25, 0.3) is 5.65 Å². The molecule has 0 radical (unpaired) electrons. The average Bonchev–Trinajstić information content (AvgIpc) is 3.13. The summed E-state index contributed by atoms with van der Waals surface area (Å²) < 4.78 is 7.14. The number of nitrogens with zero attached hydrogens (tertiary/aromatic N) is 5. The van der Waals surface area contributed by atoms with E-state index in [-0.39, 0.29) is 0 Å². The zero-order chi connectivity index (χ0) is 17.2. The van der Waals surface area contributed by atoms with Crippen molar-refractivity contribution in [3.8, 4) is 0 Å². The normalized spacial score (nSPS) is 15.4. The Morgan fingerprint density at radius 1 is 1.16 bits per heavy atom. The zero-order valence-corrected chi connectivity index (χ0v) is 13.6. The van der Waals surface area contributed by atoms with E-state index >= 15 is 0 Å².